The summed E-state index contributed by atoms with van der Waals surface area (Å²) in [6, 6.07) is 0. The van der Waals surface area contributed by atoms with Crippen LogP contribution in [0, 0.1) is 0 Å². The van der Waals surface area contributed by atoms with Gasteiger partial charge in [-0.3, -0.25) is 0 Å². The highest BCUT2D eigenvalue weighted by Gasteiger charge is 2.01. The van der Waals surface area contributed by atoms with Crippen molar-refractivity contribution in [2.24, 2.45) is 5.73 Å². The molecule has 0 fully saturated rings. The second kappa shape index (κ2) is 8.93. The molecule has 1 rings (SSSR count). The highest BCUT2D eigenvalue weighted by molar-refractivity contribution is 7.99. The molecule has 0 bridgehead atoms. The van der Waals surface area contributed by atoms with Crippen LogP contribution in [0.25, 0.3) is 0 Å². The van der Waals surface area contributed by atoms with E-state index in [0.29, 0.717) is 5.82 Å². The fraction of sp³-hybridized carbons (Fsp3) is 0.727. The van der Waals surface area contributed by atoms with Gasteiger partial charge in [-0.25, -0.2) is 0 Å². The molecule has 6 N–H and O–H groups in total. The Morgan fingerprint density at radius 3 is 2.17 bits per heavy atom. The first kappa shape index (κ1) is 15.0. The summed E-state index contributed by atoms with van der Waals surface area (Å²) in [7, 11) is 0. The number of anilines is 2. The summed E-state index contributed by atoms with van der Waals surface area (Å²) in [5, 5.41) is 0. The van der Waals surface area contributed by atoms with Crippen LogP contribution in [-0.2, 0) is 6.42 Å². The molecule has 1 aromatic rings. The normalized spacial score (nSPS) is 10.7. The lowest BCUT2D eigenvalue weighted by atomic mass is 10.2. The van der Waals surface area contributed by atoms with E-state index in [2.05, 4.69) is 15.0 Å². The summed E-state index contributed by atoms with van der Waals surface area (Å²) < 4.78 is 0. The molecule has 1 heterocycles. The van der Waals surface area contributed by atoms with Gasteiger partial charge in [0.15, 0.2) is 0 Å². The molecule has 0 atom stereocenters. The average Bonchev–Trinajstić information content (AvgIpc) is 2.31. The van der Waals surface area contributed by atoms with Gasteiger partial charge in [-0.15, -0.1) is 0 Å². The molecule has 1 aromatic heterocycles. The number of nitrogen functional groups attached to an aromatic ring is 2. The molecule has 0 saturated heterocycles. The highest BCUT2D eigenvalue weighted by atomic mass is 32.2. The number of thioether (sulfide) groups is 1. The van der Waals surface area contributed by atoms with Gasteiger partial charge in [0.1, 0.15) is 5.82 Å². The van der Waals surface area contributed by atoms with Gasteiger partial charge in [-0.2, -0.15) is 26.7 Å². The van der Waals surface area contributed by atoms with Crippen molar-refractivity contribution in [3.05, 3.63) is 5.82 Å². The predicted octanol–water partition coefficient (Wildman–Crippen LogP) is 0.831. The largest absolute Gasteiger partial charge is 0.368 e. The first-order chi connectivity index (χ1) is 8.72. The minimum Gasteiger partial charge on any atom is -0.368 e. The maximum absolute atomic E-state index is 5.50. The van der Waals surface area contributed by atoms with E-state index in [4.69, 9.17) is 17.2 Å². The Bertz CT molecular complexity index is 326. The zero-order valence-corrected chi connectivity index (χ0v) is 11.5. The van der Waals surface area contributed by atoms with Crippen LogP contribution < -0.4 is 17.2 Å². The molecule has 0 aliphatic rings. The van der Waals surface area contributed by atoms with E-state index in [9.17, 15) is 0 Å². The highest BCUT2D eigenvalue weighted by Crippen LogP contribution is 2.09. The molecule has 0 amide bonds. The second-order valence-electron chi connectivity index (χ2n) is 4.03. The number of nitrogens with two attached hydrogens (primary N) is 3. The van der Waals surface area contributed by atoms with Gasteiger partial charge in [0.25, 0.3) is 0 Å². The van der Waals surface area contributed by atoms with Crippen molar-refractivity contribution < 1.29 is 0 Å². The van der Waals surface area contributed by atoms with Gasteiger partial charge in [0, 0.05) is 12.2 Å². The number of nitrogens with zero attached hydrogens (tertiary/aromatic N) is 3. The molecule has 0 saturated carbocycles. The van der Waals surface area contributed by atoms with Gasteiger partial charge in [-0.1, -0.05) is 12.8 Å². The van der Waals surface area contributed by atoms with Gasteiger partial charge < -0.3 is 17.2 Å². The first-order valence-corrected chi connectivity index (χ1v) is 7.41. The number of rotatable bonds is 9. The predicted molar refractivity (Wildman–Crippen MR) is 77.2 cm³/mol. The number of aryl methyl sites for hydroxylation is 1. The van der Waals surface area contributed by atoms with Crippen LogP contribution >= 0.6 is 11.8 Å². The van der Waals surface area contributed by atoms with Crippen LogP contribution in [0.1, 0.15) is 31.5 Å². The van der Waals surface area contributed by atoms with Crippen molar-refractivity contribution in [2.45, 2.75) is 32.1 Å². The lowest BCUT2D eigenvalue weighted by Crippen LogP contribution is -2.07. The summed E-state index contributed by atoms with van der Waals surface area (Å²) in [6.07, 6.45) is 5.65. The van der Waals surface area contributed by atoms with Crippen LogP contribution in [0.5, 0.6) is 0 Å². The second-order valence-corrected chi connectivity index (χ2v) is 5.26. The van der Waals surface area contributed by atoms with Crippen LogP contribution in [0.3, 0.4) is 0 Å². The standard InChI is InChI=1S/C11H22N6S/c12-6-3-1-2-4-7-18-8-5-9-15-10(13)17-11(14)16-9/h1-8,12H2,(H4,13,14,15,16,17). The minimum absolute atomic E-state index is 0.198. The van der Waals surface area contributed by atoms with Crippen molar-refractivity contribution in [1.29, 1.82) is 0 Å². The maximum atomic E-state index is 5.50. The van der Waals surface area contributed by atoms with E-state index < -0.39 is 0 Å². The quantitative estimate of drug-likeness (QED) is 0.569. The Balaban J connectivity index is 2.07. The van der Waals surface area contributed by atoms with E-state index in [-0.39, 0.29) is 11.9 Å². The summed E-state index contributed by atoms with van der Waals surface area (Å²) in [4.78, 5) is 11.8. The molecule has 0 spiro atoms. The smallest absolute Gasteiger partial charge is 0.225 e. The summed E-state index contributed by atoms with van der Waals surface area (Å²) in [5.74, 6) is 3.23. The third-order valence-electron chi connectivity index (χ3n) is 2.43. The van der Waals surface area contributed by atoms with Crippen molar-refractivity contribution in [3.8, 4) is 0 Å². The zero-order valence-electron chi connectivity index (χ0n) is 10.6. The van der Waals surface area contributed by atoms with Crippen molar-refractivity contribution in [3.63, 3.8) is 0 Å². The third-order valence-corrected chi connectivity index (χ3v) is 3.50. The van der Waals surface area contributed by atoms with Gasteiger partial charge in [0.05, 0.1) is 0 Å². The Morgan fingerprint density at radius 2 is 1.50 bits per heavy atom. The van der Waals surface area contributed by atoms with E-state index in [1.54, 1.807) is 0 Å². The number of aromatic nitrogens is 3. The molecule has 6 nitrogen and oxygen atoms in total. The molecule has 0 aliphatic heterocycles. The monoisotopic (exact) mass is 270 g/mol. The van der Waals surface area contributed by atoms with Crippen LogP contribution in [0.2, 0.25) is 0 Å². The maximum Gasteiger partial charge on any atom is 0.225 e. The Hall–Kier alpha value is -1.08. The molecule has 7 heteroatoms. The molecular formula is C11H22N6S. The van der Waals surface area contributed by atoms with Gasteiger partial charge in [-0.05, 0) is 25.1 Å². The summed E-state index contributed by atoms with van der Waals surface area (Å²) in [5.41, 5.74) is 16.4. The van der Waals surface area contributed by atoms with E-state index in [0.717, 1.165) is 25.1 Å². The topological polar surface area (TPSA) is 117 Å². The SMILES string of the molecule is NCCCCCCSCCc1nc(N)nc(N)n1. The molecule has 18 heavy (non-hydrogen) atoms. The molecular weight excluding hydrogens is 248 g/mol. The molecule has 0 radical (unpaired) electrons. The molecule has 0 aliphatic carbocycles. The molecule has 0 unspecified atom stereocenters. The van der Waals surface area contributed by atoms with Gasteiger partial charge >= 0.3 is 0 Å². The molecule has 102 valence electrons. The number of hydrogen-bond acceptors (Lipinski definition) is 7. The number of hydrogen-bond donors (Lipinski definition) is 3. The fourth-order valence-electron chi connectivity index (χ4n) is 1.54. The number of unbranched alkanes of at least 4 members (excludes halogenated alkanes) is 3. The minimum atomic E-state index is 0.198. The van der Waals surface area contributed by atoms with Crippen LogP contribution in [0.15, 0.2) is 0 Å². The Labute approximate surface area is 112 Å². The van der Waals surface area contributed by atoms with Crippen LogP contribution in [-0.4, -0.2) is 33.0 Å². The van der Waals surface area contributed by atoms with Crippen molar-refractivity contribution in [1.82, 2.24) is 15.0 Å². The van der Waals surface area contributed by atoms with E-state index in [1.165, 1.54) is 25.0 Å². The van der Waals surface area contributed by atoms with Gasteiger partial charge in [0.2, 0.25) is 11.9 Å². The Morgan fingerprint density at radius 1 is 0.833 bits per heavy atom. The molecule has 0 aromatic carbocycles. The fourth-order valence-corrected chi connectivity index (χ4v) is 2.48. The van der Waals surface area contributed by atoms with E-state index in [1.807, 2.05) is 11.8 Å². The lowest BCUT2D eigenvalue weighted by Gasteiger charge is -2.03. The zero-order chi connectivity index (χ0) is 13.2. The summed E-state index contributed by atoms with van der Waals surface area (Å²) in [6.45, 7) is 0.801. The summed E-state index contributed by atoms with van der Waals surface area (Å²) >= 11 is 1.90. The van der Waals surface area contributed by atoms with Crippen molar-refractivity contribution >= 4 is 23.7 Å². The lowest BCUT2D eigenvalue weighted by molar-refractivity contribution is 0.678. The van der Waals surface area contributed by atoms with E-state index >= 15 is 0 Å². The van der Waals surface area contributed by atoms with Crippen LogP contribution in [0.4, 0.5) is 11.9 Å². The Kier molecular flexibility index (Phi) is 7.43. The van der Waals surface area contributed by atoms with Crippen molar-refractivity contribution in [2.75, 3.05) is 29.5 Å². The average molecular weight is 270 g/mol. The third kappa shape index (κ3) is 6.61. The first-order valence-electron chi connectivity index (χ1n) is 6.26.